The van der Waals surface area contributed by atoms with E-state index in [1.165, 1.54) is 19.3 Å². The van der Waals surface area contributed by atoms with E-state index in [4.69, 9.17) is 11.6 Å². The first-order chi connectivity index (χ1) is 8.66. The van der Waals surface area contributed by atoms with Crippen molar-refractivity contribution in [2.75, 3.05) is 25.0 Å². The molecule has 1 aliphatic rings. The first-order valence-corrected chi connectivity index (χ1v) is 6.82. The van der Waals surface area contributed by atoms with Crippen molar-refractivity contribution in [2.45, 2.75) is 26.2 Å². The van der Waals surface area contributed by atoms with E-state index in [2.05, 4.69) is 10.2 Å². The van der Waals surface area contributed by atoms with E-state index in [1.807, 2.05) is 19.1 Å². The number of benzene rings is 1. The molecule has 0 aromatic heterocycles. The molecule has 0 unspecified atom stereocenters. The maximum Gasteiger partial charge on any atom is 0.238 e. The first kappa shape index (κ1) is 13.4. The number of anilines is 1. The number of nitrogens with zero attached hydrogens (tertiary/aromatic N) is 1. The number of hydrogen-bond acceptors (Lipinski definition) is 2. The number of carbonyl (C=O) groups excluding carboxylic acids is 1. The van der Waals surface area contributed by atoms with Gasteiger partial charge in [0.2, 0.25) is 5.91 Å². The Morgan fingerprint density at radius 1 is 1.33 bits per heavy atom. The second-order valence-electron chi connectivity index (χ2n) is 4.82. The Bertz CT molecular complexity index is 408. The third kappa shape index (κ3) is 3.47. The van der Waals surface area contributed by atoms with Crippen molar-refractivity contribution >= 4 is 23.2 Å². The number of amides is 1. The second-order valence-corrected chi connectivity index (χ2v) is 5.22. The van der Waals surface area contributed by atoms with Gasteiger partial charge in [-0.25, -0.2) is 0 Å². The molecule has 0 saturated carbocycles. The normalized spacial score (nSPS) is 16.6. The summed E-state index contributed by atoms with van der Waals surface area (Å²) in [5.74, 6) is 0.0214. The van der Waals surface area contributed by atoms with Crippen molar-refractivity contribution < 1.29 is 4.79 Å². The number of nitrogens with one attached hydrogen (secondary N) is 1. The van der Waals surface area contributed by atoms with Crippen LogP contribution in [-0.2, 0) is 4.79 Å². The lowest BCUT2D eigenvalue weighted by Crippen LogP contribution is -2.36. The summed E-state index contributed by atoms with van der Waals surface area (Å²) < 4.78 is 0. The molecule has 0 bridgehead atoms. The van der Waals surface area contributed by atoms with E-state index in [9.17, 15) is 4.79 Å². The molecule has 1 N–H and O–H groups in total. The van der Waals surface area contributed by atoms with Crippen LogP contribution in [0, 0.1) is 6.92 Å². The smallest absolute Gasteiger partial charge is 0.238 e. The van der Waals surface area contributed by atoms with Crippen LogP contribution in [0.2, 0.25) is 5.02 Å². The number of aryl methyl sites for hydroxylation is 1. The molecular weight excluding hydrogens is 248 g/mol. The Labute approximate surface area is 113 Å². The molecule has 4 heteroatoms. The second kappa shape index (κ2) is 6.21. The minimum Gasteiger partial charge on any atom is -0.323 e. The highest BCUT2D eigenvalue weighted by Gasteiger charge is 2.15. The SMILES string of the molecule is Cc1cccc(Cl)c1NC(=O)CN1CCCCC1. The maximum absolute atomic E-state index is 12.0. The summed E-state index contributed by atoms with van der Waals surface area (Å²) in [6.07, 6.45) is 3.67. The van der Waals surface area contributed by atoms with Crippen molar-refractivity contribution in [1.29, 1.82) is 0 Å². The van der Waals surface area contributed by atoms with Gasteiger partial charge in [-0.1, -0.05) is 30.2 Å². The molecule has 1 heterocycles. The van der Waals surface area contributed by atoms with E-state index >= 15 is 0 Å². The molecule has 0 spiro atoms. The molecule has 3 nitrogen and oxygen atoms in total. The molecule has 0 atom stereocenters. The molecule has 1 aliphatic heterocycles. The number of likely N-dealkylation sites (tertiary alicyclic amines) is 1. The van der Waals surface area contributed by atoms with Crippen LogP contribution in [-0.4, -0.2) is 30.4 Å². The molecule has 2 rings (SSSR count). The standard InChI is InChI=1S/C14H19ClN2O/c1-11-6-5-7-12(15)14(11)16-13(18)10-17-8-3-2-4-9-17/h5-7H,2-4,8-10H2,1H3,(H,16,18). The summed E-state index contributed by atoms with van der Waals surface area (Å²) in [5, 5.41) is 3.51. The van der Waals surface area contributed by atoms with Gasteiger partial charge >= 0.3 is 0 Å². The van der Waals surface area contributed by atoms with Gasteiger partial charge in [-0.2, -0.15) is 0 Å². The number of hydrogen-bond donors (Lipinski definition) is 1. The van der Waals surface area contributed by atoms with Gasteiger partial charge in [-0.15, -0.1) is 0 Å². The molecular formula is C14H19ClN2O. The quantitative estimate of drug-likeness (QED) is 0.912. The fourth-order valence-electron chi connectivity index (χ4n) is 2.29. The molecule has 18 heavy (non-hydrogen) atoms. The fourth-order valence-corrected chi connectivity index (χ4v) is 2.56. The van der Waals surface area contributed by atoms with Crippen LogP contribution in [0.15, 0.2) is 18.2 Å². The van der Waals surface area contributed by atoms with E-state index in [-0.39, 0.29) is 5.91 Å². The van der Waals surface area contributed by atoms with Gasteiger partial charge in [0, 0.05) is 0 Å². The zero-order chi connectivity index (χ0) is 13.0. The predicted octanol–water partition coefficient (Wildman–Crippen LogP) is 3.07. The van der Waals surface area contributed by atoms with Gasteiger partial charge in [0.05, 0.1) is 17.3 Å². The van der Waals surface area contributed by atoms with Gasteiger partial charge in [0.25, 0.3) is 0 Å². The summed E-state index contributed by atoms with van der Waals surface area (Å²) in [7, 11) is 0. The minimum atomic E-state index is 0.0214. The number of rotatable bonds is 3. The summed E-state index contributed by atoms with van der Waals surface area (Å²) in [6.45, 7) is 4.46. The average molecular weight is 267 g/mol. The number of para-hydroxylation sites is 1. The van der Waals surface area contributed by atoms with Crippen molar-refractivity contribution in [3.63, 3.8) is 0 Å². The molecule has 1 amide bonds. The lowest BCUT2D eigenvalue weighted by Gasteiger charge is -2.25. The van der Waals surface area contributed by atoms with Gasteiger partial charge in [0.1, 0.15) is 0 Å². The third-order valence-electron chi connectivity index (χ3n) is 3.30. The Kier molecular flexibility index (Phi) is 4.61. The summed E-state index contributed by atoms with van der Waals surface area (Å²) >= 11 is 6.09. The molecule has 1 aromatic rings. The Balaban J connectivity index is 1.94. The number of carbonyl (C=O) groups is 1. The topological polar surface area (TPSA) is 32.3 Å². The Morgan fingerprint density at radius 3 is 2.72 bits per heavy atom. The molecule has 1 fully saturated rings. The number of halogens is 1. The van der Waals surface area contributed by atoms with Gasteiger partial charge in [-0.3, -0.25) is 9.69 Å². The zero-order valence-electron chi connectivity index (χ0n) is 10.7. The predicted molar refractivity (Wildman–Crippen MR) is 75.1 cm³/mol. The van der Waals surface area contributed by atoms with Gasteiger partial charge < -0.3 is 5.32 Å². The van der Waals surface area contributed by atoms with E-state index < -0.39 is 0 Å². The van der Waals surface area contributed by atoms with Crippen LogP contribution in [0.25, 0.3) is 0 Å². The Morgan fingerprint density at radius 2 is 2.06 bits per heavy atom. The molecule has 0 radical (unpaired) electrons. The summed E-state index contributed by atoms with van der Waals surface area (Å²) in [4.78, 5) is 14.2. The van der Waals surface area contributed by atoms with Crippen molar-refractivity contribution in [3.05, 3.63) is 28.8 Å². The Hall–Kier alpha value is -1.06. The van der Waals surface area contributed by atoms with Crippen molar-refractivity contribution in [2.24, 2.45) is 0 Å². The lowest BCUT2D eigenvalue weighted by atomic mass is 10.1. The average Bonchev–Trinajstić information content (AvgIpc) is 2.35. The molecule has 0 aliphatic carbocycles. The highest BCUT2D eigenvalue weighted by atomic mass is 35.5. The van der Waals surface area contributed by atoms with Crippen LogP contribution in [0.1, 0.15) is 24.8 Å². The van der Waals surface area contributed by atoms with Gasteiger partial charge in [0.15, 0.2) is 0 Å². The van der Waals surface area contributed by atoms with E-state index in [0.29, 0.717) is 11.6 Å². The zero-order valence-corrected chi connectivity index (χ0v) is 11.5. The number of piperidine rings is 1. The van der Waals surface area contributed by atoms with Gasteiger partial charge in [-0.05, 0) is 44.5 Å². The largest absolute Gasteiger partial charge is 0.323 e. The summed E-state index contributed by atoms with van der Waals surface area (Å²) in [5.41, 5.74) is 1.73. The third-order valence-corrected chi connectivity index (χ3v) is 3.62. The van der Waals surface area contributed by atoms with E-state index in [1.54, 1.807) is 6.07 Å². The highest BCUT2D eigenvalue weighted by molar-refractivity contribution is 6.33. The van der Waals surface area contributed by atoms with Crippen LogP contribution in [0.4, 0.5) is 5.69 Å². The summed E-state index contributed by atoms with van der Waals surface area (Å²) in [6, 6.07) is 5.63. The lowest BCUT2D eigenvalue weighted by molar-refractivity contribution is -0.117. The minimum absolute atomic E-state index is 0.0214. The molecule has 98 valence electrons. The van der Waals surface area contributed by atoms with Crippen molar-refractivity contribution in [3.8, 4) is 0 Å². The van der Waals surface area contributed by atoms with E-state index in [0.717, 1.165) is 24.3 Å². The molecule has 1 saturated heterocycles. The highest BCUT2D eigenvalue weighted by Crippen LogP contribution is 2.25. The van der Waals surface area contributed by atoms with Crippen LogP contribution < -0.4 is 5.32 Å². The van der Waals surface area contributed by atoms with Crippen molar-refractivity contribution in [1.82, 2.24) is 4.90 Å². The van der Waals surface area contributed by atoms with Crippen LogP contribution in [0.3, 0.4) is 0 Å². The maximum atomic E-state index is 12.0. The molecule has 1 aromatic carbocycles. The van der Waals surface area contributed by atoms with Crippen LogP contribution >= 0.6 is 11.6 Å². The first-order valence-electron chi connectivity index (χ1n) is 6.44. The van der Waals surface area contributed by atoms with Crippen LogP contribution in [0.5, 0.6) is 0 Å². The fraction of sp³-hybridized carbons (Fsp3) is 0.500. The monoisotopic (exact) mass is 266 g/mol.